The van der Waals surface area contributed by atoms with Crippen molar-refractivity contribution in [3.05, 3.63) is 0 Å². The minimum atomic E-state index is -2.06. The van der Waals surface area contributed by atoms with Crippen LogP contribution in [0.25, 0.3) is 0 Å². The number of hydrogen-bond donors (Lipinski definition) is 1. The summed E-state index contributed by atoms with van der Waals surface area (Å²) >= 11 is 0. The van der Waals surface area contributed by atoms with Crippen LogP contribution in [0.15, 0.2) is 0 Å². The van der Waals surface area contributed by atoms with E-state index in [1.165, 1.54) is 38.5 Å². The van der Waals surface area contributed by atoms with Crippen LogP contribution in [0, 0.1) is 0 Å². The summed E-state index contributed by atoms with van der Waals surface area (Å²) in [5, 5.41) is 0. The van der Waals surface area contributed by atoms with Crippen LogP contribution in [0.1, 0.15) is 72.6 Å². The van der Waals surface area contributed by atoms with Crippen LogP contribution in [0.3, 0.4) is 0 Å². The second-order valence-electron chi connectivity index (χ2n) is 6.42. The molecule has 0 aliphatic heterocycles. The molecule has 4 heteroatoms. The van der Waals surface area contributed by atoms with Crippen LogP contribution in [0.4, 0.5) is 0 Å². The summed E-state index contributed by atoms with van der Waals surface area (Å²) < 4.78 is 6.27. The molecule has 1 unspecified atom stereocenters. The van der Waals surface area contributed by atoms with E-state index in [1.807, 2.05) is 0 Å². The molecule has 0 rings (SSSR count). The normalized spacial score (nSPS) is 15.8. The van der Waals surface area contributed by atoms with Crippen molar-refractivity contribution < 1.29 is 9.20 Å². The van der Waals surface area contributed by atoms with E-state index in [0.717, 1.165) is 31.1 Å². The number of unbranched alkanes of at least 4 members (excludes halogenated alkanes) is 6. The summed E-state index contributed by atoms with van der Waals surface area (Å²) in [5.74, 6) is 0. The van der Waals surface area contributed by atoms with Gasteiger partial charge in [0.05, 0.1) is 0 Å². The van der Waals surface area contributed by atoms with Gasteiger partial charge in [-0.25, -0.2) is 0 Å². The molecule has 0 bridgehead atoms. The summed E-state index contributed by atoms with van der Waals surface area (Å²) in [7, 11) is -1.20. The molecule has 0 aromatic heterocycles. The van der Waals surface area contributed by atoms with Crippen LogP contribution in [0.5, 0.6) is 0 Å². The molecular weight excluding hydrogens is 286 g/mol. The molecule has 0 aromatic carbocycles. The Morgan fingerprint density at radius 3 is 1.70 bits per heavy atom. The van der Waals surface area contributed by atoms with Gasteiger partial charge in [0.15, 0.2) is 0 Å². The second-order valence-corrected chi connectivity index (χ2v) is 14.5. The van der Waals surface area contributed by atoms with Crippen molar-refractivity contribution in [2.45, 2.75) is 72.6 Å². The maximum absolute atomic E-state index is 10.3. The molecule has 0 aliphatic rings. The van der Waals surface area contributed by atoms with Gasteiger partial charge in [-0.2, -0.15) is 0 Å². The van der Waals surface area contributed by atoms with E-state index in [4.69, 9.17) is 4.31 Å². The fourth-order valence-electron chi connectivity index (χ4n) is 2.38. The first-order valence-electron chi connectivity index (χ1n) is 8.61. The SMILES string of the molecule is CCCCCCCCCP(O)OP(C)(CC)(CC)CC. The summed E-state index contributed by atoms with van der Waals surface area (Å²) in [6.07, 6.45) is 13.2. The third-order valence-electron chi connectivity index (χ3n) is 4.98. The van der Waals surface area contributed by atoms with E-state index in [0.29, 0.717) is 0 Å². The number of hydrogen-bond acceptors (Lipinski definition) is 2. The van der Waals surface area contributed by atoms with Gasteiger partial charge in [0, 0.05) is 0 Å². The van der Waals surface area contributed by atoms with Crippen molar-refractivity contribution in [1.82, 2.24) is 0 Å². The molecule has 0 spiro atoms. The zero-order valence-electron chi connectivity index (χ0n) is 14.5. The van der Waals surface area contributed by atoms with Gasteiger partial charge < -0.3 is 0 Å². The second kappa shape index (κ2) is 10.5. The van der Waals surface area contributed by atoms with Crippen LogP contribution >= 0.6 is 15.2 Å². The zero-order chi connectivity index (χ0) is 15.5. The van der Waals surface area contributed by atoms with Crippen LogP contribution < -0.4 is 0 Å². The monoisotopic (exact) mass is 324 g/mol. The topological polar surface area (TPSA) is 29.5 Å². The minimum absolute atomic E-state index is 0.870. The molecule has 0 saturated carbocycles. The molecule has 2 nitrogen and oxygen atoms in total. The van der Waals surface area contributed by atoms with Crippen molar-refractivity contribution in [2.75, 3.05) is 31.3 Å². The average molecular weight is 324 g/mol. The zero-order valence-corrected chi connectivity index (χ0v) is 16.3. The Kier molecular flexibility index (Phi) is 10.9. The summed E-state index contributed by atoms with van der Waals surface area (Å²) in [6, 6.07) is 0. The van der Waals surface area contributed by atoms with Gasteiger partial charge in [0.1, 0.15) is 0 Å². The first kappa shape index (κ1) is 20.8. The predicted octanol–water partition coefficient (Wildman–Crippen LogP) is 6.22. The first-order valence-corrected chi connectivity index (χ1v) is 13.2. The molecule has 1 atom stereocenters. The molecule has 20 heavy (non-hydrogen) atoms. The standard InChI is InChI=1S/C16H38O2P2/c1-6-10-11-12-13-14-15-16-19(17)18-20(5,7-2,8-3)9-4/h17H,6-16H2,1-5H3. The maximum atomic E-state index is 10.3. The quantitative estimate of drug-likeness (QED) is 0.322. The van der Waals surface area contributed by atoms with E-state index in [-0.39, 0.29) is 0 Å². The summed E-state index contributed by atoms with van der Waals surface area (Å²) in [5.41, 5.74) is 0. The van der Waals surface area contributed by atoms with E-state index in [1.54, 1.807) is 0 Å². The molecule has 0 heterocycles. The van der Waals surface area contributed by atoms with Crippen molar-refractivity contribution >= 4 is 15.2 Å². The number of rotatable bonds is 13. The Morgan fingerprint density at radius 2 is 1.25 bits per heavy atom. The fraction of sp³-hybridized carbons (Fsp3) is 1.00. The Morgan fingerprint density at radius 1 is 0.800 bits per heavy atom. The van der Waals surface area contributed by atoms with Gasteiger partial charge in [-0.15, -0.1) is 0 Å². The Bertz CT molecular complexity index is 232. The van der Waals surface area contributed by atoms with Gasteiger partial charge >= 0.3 is 128 Å². The van der Waals surface area contributed by atoms with Crippen molar-refractivity contribution in [3.8, 4) is 0 Å². The summed E-state index contributed by atoms with van der Waals surface area (Å²) in [6.45, 7) is 9.17. The van der Waals surface area contributed by atoms with Gasteiger partial charge in [0.25, 0.3) is 0 Å². The van der Waals surface area contributed by atoms with Crippen molar-refractivity contribution in [2.24, 2.45) is 0 Å². The third-order valence-corrected chi connectivity index (χ3v) is 13.8. The van der Waals surface area contributed by atoms with Gasteiger partial charge in [-0.1, -0.05) is 0 Å². The molecule has 1 N–H and O–H groups in total. The van der Waals surface area contributed by atoms with Gasteiger partial charge in [-0.05, 0) is 0 Å². The molecule has 0 aromatic rings. The molecule has 0 amide bonds. The third kappa shape index (κ3) is 7.69. The van der Waals surface area contributed by atoms with E-state index in [9.17, 15) is 4.89 Å². The summed E-state index contributed by atoms with van der Waals surface area (Å²) in [4.78, 5) is 10.3. The van der Waals surface area contributed by atoms with Gasteiger partial charge in [-0.3, -0.25) is 0 Å². The van der Waals surface area contributed by atoms with E-state index >= 15 is 0 Å². The average Bonchev–Trinajstić information content (AvgIpc) is 2.46. The molecule has 0 fully saturated rings. The van der Waals surface area contributed by atoms with Crippen LogP contribution in [-0.2, 0) is 4.31 Å². The Hall–Kier alpha value is 0.780. The molecule has 124 valence electrons. The van der Waals surface area contributed by atoms with Crippen LogP contribution in [-0.4, -0.2) is 36.2 Å². The van der Waals surface area contributed by atoms with Crippen molar-refractivity contribution in [1.29, 1.82) is 0 Å². The molecule has 0 saturated heterocycles. The fourth-order valence-corrected chi connectivity index (χ4v) is 8.28. The molecule has 0 aliphatic carbocycles. The first-order chi connectivity index (χ1) is 9.43. The van der Waals surface area contributed by atoms with Crippen LogP contribution in [0.2, 0.25) is 0 Å². The molecule has 0 radical (unpaired) electrons. The van der Waals surface area contributed by atoms with Crippen molar-refractivity contribution in [3.63, 3.8) is 0 Å². The molecular formula is C16H38O2P2. The van der Waals surface area contributed by atoms with E-state index in [2.05, 4.69) is 34.4 Å². The Balaban J connectivity index is 3.90. The van der Waals surface area contributed by atoms with E-state index < -0.39 is 15.2 Å². The van der Waals surface area contributed by atoms with Gasteiger partial charge in [0.2, 0.25) is 0 Å². The predicted molar refractivity (Wildman–Crippen MR) is 97.6 cm³/mol. The Labute approximate surface area is 129 Å².